The van der Waals surface area contributed by atoms with Gasteiger partial charge in [0.05, 0.1) is 13.0 Å². The van der Waals surface area contributed by atoms with E-state index in [-0.39, 0.29) is 12.7 Å². The number of hydrogen-bond donors (Lipinski definition) is 2. The van der Waals surface area contributed by atoms with E-state index >= 15 is 0 Å². The minimum absolute atomic E-state index is 0.0495. The molecule has 1 aromatic rings. The molecule has 3 rings (SSSR count). The third-order valence-corrected chi connectivity index (χ3v) is 3.45. The summed E-state index contributed by atoms with van der Waals surface area (Å²) in [6.07, 6.45) is 2.56. The first-order valence-corrected chi connectivity index (χ1v) is 7.25. The van der Waals surface area contributed by atoms with Crippen LogP contribution in [0.15, 0.2) is 12.1 Å². The van der Waals surface area contributed by atoms with Crippen molar-refractivity contribution in [2.75, 3.05) is 20.4 Å². The molecule has 1 saturated carbocycles. The first-order chi connectivity index (χ1) is 10.3. The molecule has 1 aliphatic carbocycles. The van der Waals surface area contributed by atoms with Gasteiger partial charge in [0.15, 0.2) is 11.5 Å². The summed E-state index contributed by atoms with van der Waals surface area (Å²) < 4.78 is 16.5. The molecule has 0 spiro atoms. The standard InChI is InChI=1S/C15H20N2O4/c1-16-8-10-6-13-14(21-9-20-13)7-12(10)19-5-4-15(18)17-11-2-3-11/h6-7,11,16H,2-5,8-9H2,1H3,(H,17,18). The molecule has 2 N–H and O–H groups in total. The molecule has 1 aromatic carbocycles. The fourth-order valence-electron chi connectivity index (χ4n) is 2.21. The monoisotopic (exact) mass is 292 g/mol. The van der Waals surface area contributed by atoms with Gasteiger partial charge in [-0.25, -0.2) is 0 Å². The number of rotatable bonds is 7. The van der Waals surface area contributed by atoms with Crippen molar-refractivity contribution in [3.05, 3.63) is 17.7 Å². The topological polar surface area (TPSA) is 68.8 Å². The number of amides is 1. The Labute approximate surface area is 123 Å². The van der Waals surface area contributed by atoms with Crippen LogP contribution < -0.4 is 24.8 Å². The summed E-state index contributed by atoms with van der Waals surface area (Å²) in [4.78, 5) is 11.6. The van der Waals surface area contributed by atoms with Gasteiger partial charge in [-0.3, -0.25) is 4.79 Å². The fraction of sp³-hybridized carbons (Fsp3) is 0.533. The molecule has 0 bridgehead atoms. The van der Waals surface area contributed by atoms with E-state index in [0.29, 0.717) is 31.4 Å². The number of fused-ring (bicyclic) bond motifs is 1. The first kappa shape index (κ1) is 14.0. The predicted molar refractivity (Wildman–Crippen MR) is 76.6 cm³/mol. The van der Waals surface area contributed by atoms with Crippen LogP contribution in [-0.2, 0) is 11.3 Å². The van der Waals surface area contributed by atoms with Crippen molar-refractivity contribution in [1.29, 1.82) is 0 Å². The second-order valence-electron chi connectivity index (χ2n) is 5.28. The Kier molecular flexibility index (Phi) is 4.15. The molecule has 0 atom stereocenters. The van der Waals surface area contributed by atoms with Crippen molar-refractivity contribution in [3.8, 4) is 17.2 Å². The second kappa shape index (κ2) is 6.22. The van der Waals surface area contributed by atoms with Crippen molar-refractivity contribution >= 4 is 5.91 Å². The molecule has 21 heavy (non-hydrogen) atoms. The van der Waals surface area contributed by atoms with Gasteiger partial charge in [-0.05, 0) is 26.0 Å². The van der Waals surface area contributed by atoms with Crippen molar-refractivity contribution in [1.82, 2.24) is 10.6 Å². The first-order valence-electron chi connectivity index (χ1n) is 7.25. The third-order valence-electron chi connectivity index (χ3n) is 3.45. The molecular weight excluding hydrogens is 272 g/mol. The molecule has 0 aromatic heterocycles. The number of carbonyl (C=O) groups excluding carboxylic acids is 1. The number of ether oxygens (including phenoxy) is 3. The van der Waals surface area contributed by atoms with Gasteiger partial charge >= 0.3 is 0 Å². The number of hydrogen-bond acceptors (Lipinski definition) is 5. The molecular formula is C15H20N2O4. The maximum atomic E-state index is 11.6. The van der Waals surface area contributed by atoms with Crippen molar-refractivity contribution in [2.45, 2.75) is 31.8 Å². The van der Waals surface area contributed by atoms with E-state index in [4.69, 9.17) is 14.2 Å². The summed E-state index contributed by atoms with van der Waals surface area (Å²) in [5.41, 5.74) is 0.990. The summed E-state index contributed by atoms with van der Waals surface area (Å²) in [5.74, 6) is 2.20. The Bertz CT molecular complexity index is 529. The summed E-state index contributed by atoms with van der Waals surface area (Å²) in [6.45, 7) is 1.26. The van der Waals surface area contributed by atoms with Crippen LogP contribution in [0.25, 0.3) is 0 Å². The lowest BCUT2D eigenvalue weighted by atomic mass is 10.1. The Morgan fingerprint density at radius 2 is 2.10 bits per heavy atom. The minimum Gasteiger partial charge on any atom is -0.493 e. The molecule has 0 unspecified atom stereocenters. The molecule has 114 valence electrons. The second-order valence-corrected chi connectivity index (χ2v) is 5.28. The van der Waals surface area contributed by atoms with E-state index in [1.54, 1.807) is 0 Å². The number of benzene rings is 1. The van der Waals surface area contributed by atoms with Crippen molar-refractivity contribution < 1.29 is 19.0 Å². The lowest BCUT2D eigenvalue weighted by molar-refractivity contribution is -0.121. The molecule has 0 radical (unpaired) electrons. The SMILES string of the molecule is CNCc1cc2c(cc1OCCC(=O)NC1CC1)OCO2. The van der Waals surface area contributed by atoms with Gasteiger partial charge in [-0.2, -0.15) is 0 Å². The van der Waals surface area contributed by atoms with E-state index in [1.807, 2.05) is 19.2 Å². The van der Waals surface area contributed by atoms with Crippen LogP contribution in [0, 0.1) is 0 Å². The Balaban J connectivity index is 1.59. The lowest BCUT2D eigenvalue weighted by Crippen LogP contribution is -2.26. The van der Waals surface area contributed by atoms with Gasteiger partial charge in [-0.15, -0.1) is 0 Å². The highest BCUT2D eigenvalue weighted by Gasteiger charge is 2.23. The largest absolute Gasteiger partial charge is 0.493 e. The molecule has 1 amide bonds. The van der Waals surface area contributed by atoms with Crippen LogP contribution in [0.2, 0.25) is 0 Å². The van der Waals surface area contributed by atoms with E-state index < -0.39 is 0 Å². The van der Waals surface area contributed by atoms with E-state index in [1.165, 1.54) is 0 Å². The van der Waals surface area contributed by atoms with Crippen LogP contribution in [0.3, 0.4) is 0 Å². The van der Waals surface area contributed by atoms with Crippen LogP contribution in [0.5, 0.6) is 17.2 Å². The van der Waals surface area contributed by atoms with Crippen LogP contribution in [-0.4, -0.2) is 32.4 Å². The van der Waals surface area contributed by atoms with Gasteiger partial charge in [-0.1, -0.05) is 0 Å². The maximum Gasteiger partial charge on any atom is 0.231 e. The molecule has 2 aliphatic rings. The summed E-state index contributed by atoms with van der Waals surface area (Å²) in [6, 6.07) is 4.13. The smallest absolute Gasteiger partial charge is 0.231 e. The predicted octanol–water partition coefficient (Wildman–Crippen LogP) is 1.18. The van der Waals surface area contributed by atoms with Gasteiger partial charge < -0.3 is 24.8 Å². The third kappa shape index (κ3) is 3.58. The average Bonchev–Trinajstić information content (AvgIpc) is 3.15. The Morgan fingerprint density at radius 1 is 1.33 bits per heavy atom. The van der Waals surface area contributed by atoms with Crippen molar-refractivity contribution in [2.24, 2.45) is 0 Å². The van der Waals surface area contributed by atoms with E-state index in [2.05, 4.69) is 10.6 Å². The molecule has 6 nitrogen and oxygen atoms in total. The highest BCUT2D eigenvalue weighted by molar-refractivity contribution is 5.76. The lowest BCUT2D eigenvalue weighted by Gasteiger charge is -2.12. The Hall–Kier alpha value is -1.95. The zero-order chi connectivity index (χ0) is 14.7. The zero-order valence-electron chi connectivity index (χ0n) is 12.1. The molecule has 0 saturated heterocycles. The van der Waals surface area contributed by atoms with Crippen LogP contribution in [0.4, 0.5) is 0 Å². The van der Waals surface area contributed by atoms with Gasteiger partial charge in [0.25, 0.3) is 0 Å². The number of carbonyl (C=O) groups is 1. The number of nitrogens with one attached hydrogen (secondary N) is 2. The van der Waals surface area contributed by atoms with Gasteiger partial charge in [0.2, 0.25) is 12.7 Å². The van der Waals surface area contributed by atoms with Crippen molar-refractivity contribution in [3.63, 3.8) is 0 Å². The average molecular weight is 292 g/mol. The summed E-state index contributed by atoms with van der Waals surface area (Å²) >= 11 is 0. The van der Waals surface area contributed by atoms with Gasteiger partial charge in [0, 0.05) is 24.2 Å². The maximum absolute atomic E-state index is 11.6. The van der Waals surface area contributed by atoms with Crippen LogP contribution in [0.1, 0.15) is 24.8 Å². The van der Waals surface area contributed by atoms with E-state index in [9.17, 15) is 4.79 Å². The van der Waals surface area contributed by atoms with E-state index in [0.717, 1.165) is 29.9 Å². The highest BCUT2D eigenvalue weighted by atomic mass is 16.7. The zero-order valence-corrected chi connectivity index (χ0v) is 12.1. The minimum atomic E-state index is 0.0495. The molecule has 1 heterocycles. The Morgan fingerprint density at radius 3 is 2.81 bits per heavy atom. The molecule has 6 heteroatoms. The molecule has 1 aliphatic heterocycles. The normalized spacial score (nSPS) is 15.9. The van der Waals surface area contributed by atoms with Crippen LogP contribution >= 0.6 is 0 Å². The highest BCUT2D eigenvalue weighted by Crippen LogP contribution is 2.38. The quantitative estimate of drug-likeness (QED) is 0.790. The summed E-state index contributed by atoms with van der Waals surface area (Å²) in [5, 5.41) is 6.04. The molecule has 1 fully saturated rings. The summed E-state index contributed by atoms with van der Waals surface area (Å²) in [7, 11) is 1.87. The fourth-order valence-corrected chi connectivity index (χ4v) is 2.21. The van der Waals surface area contributed by atoms with Gasteiger partial charge in [0.1, 0.15) is 5.75 Å².